The largest absolute Gasteiger partial charge is 0.347 e. The molecule has 3 rings (SSSR count). The highest BCUT2D eigenvalue weighted by Crippen LogP contribution is 2.23. The van der Waals surface area contributed by atoms with Crippen LogP contribution >= 0.6 is 11.3 Å². The van der Waals surface area contributed by atoms with Crippen LogP contribution < -0.4 is 10.6 Å². The van der Waals surface area contributed by atoms with Crippen LogP contribution in [0.1, 0.15) is 28.7 Å². The monoisotopic (exact) mass is 302 g/mol. The van der Waals surface area contributed by atoms with Crippen molar-refractivity contribution in [3.05, 3.63) is 34.4 Å². The van der Waals surface area contributed by atoms with Crippen LogP contribution in [0.15, 0.2) is 23.8 Å². The van der Waals surface area contributed by atoms with E-state index in [-0.39, 0.29) is 11.9 Å². The van der Waals surface area contributed by atoms with E-state index in [0.717, 1.165) is 37.2 Å². The lowest BCUT2D eigenvalue weighted by atomic mass is 10.2. The number of hydrogen-bond donors (Lipinski definition) is 2. The molecule has 6 heteroatoms. The van der Waals surface area contributed by atoms with Gasteiger partial charge in [0.1, 0.15) is 5.69 Å². The van der Waals surface area contributed by atoms with Crippen molar-refractivity contribution in [2.24, 2.45) is 0 Å². The second-order valence-corrected chi connectivity index (χ2v) is 6.10. The molecule has 110 valence electrons. The number of hydrogen-bond acceptors (Lipinski definition) is 5. The highest BCUT2D eigenvalue weighted by atomic mass is 32.1. The summed E-state index contributed by atoms with van der Waals surface area (Å²) >= 11 is 1.72. The Morgan fingerprint density at radius 1 is 1.48 bits per heavy atom. The lowest BCUT2D eigenvalue weighted by Crippen LogP contribution is -2.36. The van der Waals surface area contributed by atoms with Gasteiger partial charge in [-0.2, -0.15) is 0 Å². The van der Waals surface area contributed by atoms with Gasteiger partial charge in [0.2, 0.25) is 0 Å². The smallest absolute Gasteiger partial charge is 0.271 e. The highest BCUT2D eigenvalue weighted by molar-refractivity contribution is 7.10. The van der Waals surface area contributed by atoms with Crippen LogP contribution in [0.25, 0.3) is 11.3 Å². The zero-order valence-corrected chi connectivity index (χ0v) is 12.7. The normalized spacial score (nSPS) is 17.9. The summed E-state index contributed by atoms with van der Waals surface area (Å²) in [6.07, 6.45) is 5.21. The molecule has 3 heterocycles. The number of aryl methyl sites for hydroxylation is 1. The number of carbonyl (C=O) groups is 1. The third-order valence-electron chi connectivity index (χ3n) is 3.58. The van der Waals surface area contributed by atoms with E-state index in [2.05, 4.69) is 39.0 Å². The lowest BCUT2D eigenvalue weighted by molar-refractivity contribution is 0.0934. The fourth-order valence-corrected chi connectivity index (χ4v) is 3.16. The van der Waals surface area contributed by atoms with E-state index >= 15 is 0 Å². The molecule has 0 bridgehead atoms. The predicted molar refractivity (Wildman–Crippen MR) is 83.5 cm³/mol. The van der Waals surface area contributed by atoms with E-state index in [4.69, 9.17) is 0 Å². The van der Waals surface area contributed by atoms with Gasteiger partial charge in [-0.25, -0.2) is 4.98 Å². The summed E-state index contributed by atoms with van der Waals surface area (Å²) in [5.41, 5.74) is 2.25. The number of aromatic nitrogens is 2. The van der Waals surface area contributed by atoms with Gasteiger partial charge in [0.05, 0.1) is 18.1 Å². The van der Waals surface area contributed by atoms with E-state index in [1.165, 1.54) is 4.88 Å². The van der Waals surface area contributed by atoms with E-state index in [1.807, 2.05) is 0 Å². The number of rotatable bonds is 4. The van der Waals surface area contributed by atoms with Crippen molar-refractivity contribution < 1.29 is 4.79 Å². The van der Waals surface area contributed by atoms with Gasteiger partial charge in [-0.05, 0) is 25.5 Å². The fraction of sp³-hybridized carbons (Fsp3) is 0.400. The van der Waals surface area contributed by atoms with Gasteiger partial charge in [-0.15, -0.1) is 11.3 Å². The molecule has 0 aliphatic carbocycles. The summed E-state index contributed by atoms with van der Waals surface area (Å²) in [7, 11) is 0. The Balaban J connectivity index is 1.69. The van der Waals surface area contributed by atoms with Crippen LogP contribution in [0.2, 0.25) is 0 Å². The van der Waals surface area contributed by atoms with Crippen molar-refractivity contribution in [3.63, 3.8) is 0 Å². The summed E-state index contributed by atoms with van der Waals surface area (Å²) in [6, 6.07) is 2.32. The van der Waals surface area contributed by atoms with Crippen molar-refractivity contribution >= 4 is 17.2 Å². The third-order valence-corrected chi connectivity index (χ3v) is 4.66. The summed E-state index contributed by atoms with van der Waals surface area (Å²) in [6.45, 7) is 3.91. The van der Waals surface area contributed by atoms with E-state index < -0.39 is 0 Å². The van der Waals surface area contributed by atoms with Crippen molar-refractivity contribution in [2.45, 2.75) is 25.8 Å². The minimum absolute atomic E-state index is 0.151. The first-order valence-corrected chi connectivity index (χ1v) is 8.05. The van der Waals surface area contributed by atoms with Crippen LogP contribution in [0.4, 0.5) is 0 Å². The predicted octanol–water partition coefficient (Wildman–Crippen LogP) is 1.86. The van der Waals surface area contributed by atoms with Gasteiger partial charge in [-0.3, -0.25) is 9.78 Å². The Labute approximate surface area is 127 Å². The molecule has 0 aromatic carbocycles. The van der Waals surface area contributed by atoms with E-state index in [1.54, 1.807) is 23.7 Å². The molecule has 1 aliphatic rings. The van der Waals surface area contributed by atoms with Gasteiger partial charge >= 0.3 is 0 Å². The molecule has 2 N–H and O–H groups in total. The minimum atomic E-state index is -0.151. The molecule has 2 aromatic rings. The first kappa shape index (κ1) is 14.2. The third kappa shape index (κ3) is 3.28. The van der Waals surface area contributed by atoms with Crippen LogP contribution in [-0.4, -0.2) is 35.0 Å². The van der Waals surface area contributed by atoms with Crippen LogP contribution in [0.3, 0.4) is 0 Å². The topological polar surface area (TPSA) is 66.9 Å². The molecule has 0 spiro atoms. The quantitative estimate of drug-likeness (QED) is 0.904. The van der Waals surface area contributed by atoms with Gasteiger partial charge in [0.25, 0.3) is 5.91 Å². The Bertz CT molecular complexity index is 617. The molecule has 1 fully saturated rings. The second-order valence-electron chi connectivity index (χ2n) is 5.11. The number of carbonyl (C=O) groups excluding carboxylic acids is 1. The molecule has 1 saturated heterocycles. The molecular formula is C15H18N4OS. The van der Waals surface area contributed by atoms with Gasteiger partial charge in [-0.1, -0.05) is 6.92 Å². The van der Waals surface area contributed by atoms with Crippen molar-refractivity contribution in [1.29, 1.82) is 0 Å². The Kier molecular flexibility index (Phi) is 4.26. The molecule has 2 aromatic heterocycles. The lowest BCUT2D eigenvalue weighted by Gasteiger charge is -2.10. The average Bonchev–Trinajstić information content (AvgIpc) is 3.18. The van der Waals surface area contributed by atoms with Crippen molar-refractivity contribution in [3.8, 4) is 11.3 Å². The molecule has 1 unspecified atom stereocenters. The first-order chi connectivity index (χ1) is 10.3. The fourth-order valence-electron chi connectivity index (χ4n) is 2.33. The van der Waals surface area contributed by atoms with E-state index in [9.17, 15) is 4.79 Å². The molecule has 1 amide bonds. The molecular weight excluding hydrogens is 284 g/mol. The number of thiophene rings is 1. The van der Waals surface area contributed by atoms with Gasteiger partial charge < -0.3 is 10.6 Å². The Hall–Kier alpha value is -1.79. The van der Waals surface area contributed by atoms with Crippen LogP contribution in [-0.2, 0) is 6.42 Å². The molecule has 1 atom stereocenters. The number of amides is 1. The summed E-state index contributed by atoms with van der Waals surface area (Å²) < 4.78 is 0. The maximum atomic E-state index is 12.1. The summed E-state index contributed by atoms with van der Waals surface area (Å²) in [5.74, 6) is -0.151. The Morgan fingerprint density at radius 2 is 2.38 bits per heavy atom. The zero-order chi connectivity index (χ0) is 14.7. The first-order valence-electron chi connectivity index (χ1n) is 7.17. The second kappa shape index (κ2) is 6.32. The van der Waals surface area contributed by atoms with Gasteiger partial charge in [0.15, 0.2) is 0 Å². The average molecular weight is 302 g/mol. The maximum Gasteiger partial charge on any atom is 0.271 e. The molecule has 0 radical (unpaired) electrons. The molecule has 5 nitrogen and oxygen atoms in total. The van der Waals surface area contributed by atoms with Gasteiger partial charge in [0, 0.05) is 28.4 Å². The molecule has 21 heavy (non-hydrogen) atoms. The molecule has 1 aliphatic heterocycles. The highest BCUT2D eigenvalue weighted by Gasteiger charge is 2.18. The van der Waals surface area contributed by atoms with Crippen molar-refractivity contribution in [2.75, 3.05) is 13.1 Å². The number of nitrogens with one attached hydrogen (secondary N) is 2. The van der Waals surface area contributed by atoms with E-state index in [0.29, 0.717) is 5.69 Å². The van der Waals surface area contributed by atoms with Crippen molar-refractivity contribution in [1.82, 2.24) is 20.6 Å². The summed E-state index contributed by atoms with van der Waals surface area (Å²) in [4.78, 5) is 22.0. The maximum absolute atomic E-state index is 12.1. The molecule has 0 saturated carbocycles. The SMILES string of the molecule is CCc1cc(-c2cnc(C(=O)NC3CCNC3)cn2)cs1. The Morgan fingerprint density at radius 3 is 3.00 bits per heavy atom. The minimum Gasteiger partial charge on any atom is -0.347 e. The standard InChI is InChI=1S/C15H18N4OS/c1-2-12-5-10(9-21-12)13-7-18-14(8-17-13)15(20)19-11-3-4-16-6-11/h5,7-9,11,16H,2-4,6H2,1H3,(H,19,20). The number of nitrogens with zero attached hydrogens (tertiary/aromatic N) is 2. The van der Waals surface area contributed by atoms with Crippen LogP contribution in [0, 0.1) is 0 Å². The van der Waals surface area contributed by atoms with Crippen LogP contribution in [0.5, 0.6) is 0 Å². The summed E-state index contributed by atoms with van der Waals surface area (Å²) in [5, 5.41) is 8.26. The zero-order valence-electron chi connectivity index (χ0n) is 11.9.